The van der Waals surface area contributed by atoms with Crippen LogP contribution in [0.2, 0.25) is 5.02 Å². The van der Waals surface area contributed by atoms with Crippen LogP contribution in [0.3, 0.4) is 0 Å². The number of halogens is 1. The number of hydrogen-bond donors (Lipinski definition) is 1. The molecule has 0 aliphatic rings. The highest BCUT2D eigenvalue weighted by molar-refractivity contribution is 6.30. The first-order valence-electron chi connectivity index (χ1n) is 9.55. The molecule has 1 N–H and O–H groups in total. The number of Topliss-reactive ketones (excluding diaryl/α,β-unsaturated/α-hetero) is 1. The zero-order valence-corrected chi connectivity index (χ0v) is 17.1. The molecule has 0 fully saturated rings. The quantitative estimate of drug-likeness (QED) is 0.565. The second-order valence-corrected chi connectivity index (χ2v) is 7.20. The number of ketones is 1. The molecule has 29 heavy (non-hydrogen) atoms. The molecule has 2 aromatic heterocycles. The van der Waals surface area contributed by atoms with Crippen molar-refractivity contribution in [1.29, 1.82) is 0 Å². The van der Waals surface area contributed by atoms with Crippen molar-refractivity contribution in [2.45, 2.75) is 52.9 Å². The molecule has 0 aliphatic heterocycles. The Balaban J connectivity index is 2.23. The van der Waals surface area contributed by atoms with Gasteiger partial charge in [0.2, 0.25) is 0 Å². The Bertz CT molecular complexity index is 1160. The van der Waals surface area contributed by atoms with Crippen LogP contribution in [0.25, 0.3) is 11.2 Å². The number of benzene rings is 1. The lowest BCUT2D eigenvalue weighted by molar-refractivity contribution is 0.0970. The van der Waals surface area contributed by atoms with Crippen LogP contribution in [0, 0.1) is 0 Å². The molecule has 0 saturated carbocycles. The lowest BCUT2D eigenvalue weighted by atomic mass is 10.1. The lowest BCUT2D eigenvalue weighted by Gasteiger charge is -2.11. The molecule has 0 aliphatic carbocycles. The number of rotatable bonds is 8. The topological polar surface area (TPSA) is 99.1 Å². The summed E-state index contributed by atoms with van der Waals surface area (Å²) in [6.07, 6.45) is 1.28. The minimum Gasteiger partial charge on any atom is -0.388 e. The van der Waals surface area contributed by atoms with Gasteiger partial charge >= 0.3 is 5.69 Å². The van der Waals surface area contributed by atoms with Crippen LogP contribution >= 0.6 is 11.6 Å². The van der Waals surface area contributed by atoms with Gasteiger partial charge in [-0.1, -0.05) is 25.4 Å². The van der Waals surface area contributed by atoms with E-state index in [1.165, 1.54) is 13.7 Å². The van der Waals surface area contributed by atoms with Gasteiger partial charge in [0.05, 0.1) is 6.54 Å². The van der Waals surface area contributed by atoms with Crippen LogP contribution in [0.5, 0.6) is 0 Å². The van der Waals surface area contributed by atoms with E-state index in [9.17, 15) is 19.5 Å². The van der Waals surface area contributed by atoms with E-state index in [0.717, 1.165) is 0 Å². The van der Waals surface area contributed by atoms with Crippen LogP contribution in [0.1, 0.15) is 42.9 Å². The molecule has 3 aromatic rings. The van der Waals surface area contributed by atoms with Crippen molar-refractivity contribution < 1.29 is 9.90 Å². The summed E-state index contributed by atoms with van der Waals surface area (Å²) in [6, 6.07) is 6.43. The van der Waals surface area contributed by atoms with Gasteiger partial charge in [-0.2, -0.15) is 0 Å². The van der Waals surface area contributed by atoms with Crippen LogP contribution in [0.4, 0.5) is 0 Å². The predicted octanol–water partition coefficient (Wildman–Crippen LogP) is 2.21. The van der Waals surface area contributed by atoms with E-state index in [2.05, 4.69) is 4.98 Å². The molecule has 0 unspecified atom stereocenters. The molecule has 0 atom stereocenters. The summed E-state index contributed by atoms with van der Waals surface area (Å²) < 4.78 is 4.02. The van der Waals surface area contributed by atoms with E-state index in [-0.39, 0.29) is 35.9 Å². The maximum Gasteiger partial charge on any atom is 0.332 e. The Labute approximate surface area is 172 Å². The summed E-state index contributed by atoms with van der Waals surface area (Å²) in [5, 5.41) is 10.3. The Kier molecular flexibility index (Phi) is 6.34. The summed E-state index contributed by atoms with van der Waals surface area (Å²) >= 11 is 5.88. The highest BCUT2D eigenvalue weighted by Crippen LogP contribution is 2.16. The Morgan fingerprint density at radius 2 is 1.66 bits per heavy atom. The summed E-state index contributed by atoms with van der Waals surface area (Å²) in [6.45, 7) is 3.80. The van der Waals surface area contributed by atoms with Crippen LogP contribution in [-0.2, 0) is 26.2 Å². The molecule has 8 nitrogen and oxygen atoms in total. The number of aromatic nitrogens is 4. The number of aliphatic hydroxyl groups excluding tert-OH is 1. The van der Waals surface area contributed by atoms with E-state index in [1.807, 2.05) is 13.8 Å². The number of carbonyl (C=O) groups is 1. The predicted molar refractivity (Wildman–Crippen MR) is 111 cm³/mol. The lowest BCUT2D eigenvalue weighted by Crippen LogP contribution is -2.40. The summed E-state index contributed by atoms with van der Waals surface area (Å²) in [5.74, 6) is -0.0942. The first-order chi connectivity index (χ1) is 13.9. The molecule has 0 saturated heterocycles. The zero-order valence-electron chi connectivity index (χ0n) is 16.4. The van der Waals surface area contributed by atoms with Gasteiger partial charge in [-0.3, -0.25) is 18.7 Å². The largest absolute Gasteiger partial charge is 0.388 e. The zero-order chi connectivity index (χ0) is 21.1. The third-order valence-electron chi connectivity index (χ3n) is 4.70. The van der Waals surface area contributed by atoms with Crippen LogP contribution < -0.4 is 11.2 Å². The number of nitrogens with zero attached hydrogens (tertiary/aromatic N) is 4. The maximum atomic E-state index is 13.1. The average molecular weight is 419 g/mol. The fourth-order valence-corrected chi connectivity index (χ4v) is 3.47. The average Bonchev–Trinajstić information content (AvgIpc) is 3.07. The van der Waals surface area contributed by atoms with E-state index >= 15 is 0 Å². The minimum atomic E-state index is -0.504. The van der Waals surface area contributed by atoms with E-state index in [0.29, 0.717) is 30.0 Å². The minimum absolute atomic E-state index is 0.151. The monoisotopic (exact) mass is 418 g/mol. The Hall–Kier alpha value is -2.71. The third-order valence-corrected chi connectivity index (χ3v) is 4.95. The SMILES string of the molecule is CCCn1c(=O)c2c(nc(CO)n2CC(=O)c2ccc(Cl)cc2)n(CCC)c1=O. The normalized spacial score (nSPS) is 11.3. The van der Waals surface area contributed by atoms with Gasteiger partial charge in [-0.05, 0) is 37.1 Å². The molecule has 0 spiro atoms. The smallest absolute Gasteiger partial charge is 0.332 e. The maximum absolute atomic E-state index is 13.1. The molecule has 154 valence electrons. The summed E-state index contributed by atoms with van der Waals surface area (Å²) in [5.41, 5.74) is -0.157. The molecule has 0 bridgehead atoms. The van der Waals surface area contributed by atoms with Crippen molar-refractivity contribution in [2.75, 3.05) is 0 Å². The highest BCUT2D eigenvalue weighted by Gasteiger charge is 2.22. The van der Waals surface area contributed by atoms with E-state index in [4.69, 9.17) is 11.6 Å². The second kappa shape index (κ2) is 8.75. The fraction of sp³-hybridized carbons (Fsp3) is 0.400. The molecule has 0 amide bonds. The van der Waals surface area contributed by atoms with Gasteiger partial charge in [-0.25, -0.2) is 9.78 Å². The number of imidazole rings is 1. The number of carbonyl (C=O) groups excluding carboxylic acids is 1. The number of aliphatic hydroxyl groups is 1. The standard InChI is InChI=1S/C20H23ClN4O4/c1-3-9-23-18-17(19(28)24(10-4-2)20(23)29)25(16(12-26)22-18)11-15(27)13-5-7-14(21)8-6-13/h5-8,26H,3-4,9-12H2,1-2H3. The Morgan fingerprint density at radius 1 is 1.03 bits per heavy atom. The van der Waals surface area contributed by atoms with Crippen molar-refractivity contribution >= 4 is 28.5 Å². The number of aryl methyl sites for hydroxylation is 1. The number of hydrogen-bond acceptors (Lipinski definition) is 5. The summed E-state index contributed by atoms with van der Waals surface area (Å²) in [4.78, 5) is 43.0. The molecule has 0 radical (unpaired) electrons. The van der Waals surface area contributed by atoms with Gasteiger partial charge < -0.3 is 9.67 Å². The molecule has 9 heteroatoms. The highest BCUT2D eigenvalue weighted by atomic mass is 35.5. The number of fused-ring (bicyclic) bond motifs is 1. The van der Waals surface area contributed by atoms with Crippen molar-refractivity contribution in [3.05, 3.63) is 61.5 Å². The van der Waals surface area contributed by atoms with Crippen molar-refractivity contribution in [3.8, 4) is 0 Å². The van der Waals surface area contributed by atoms with Crippen molar-refractivity contribution in [1.82, 2.24) is 18.7 Å². The molecule has 2 heterocycles. The van der Waals surface area contributed by atoms with Gasteiger partial charge in [0.25, 0.3) is 5.56 Å². The first kappa shape index (κ1) is 21.0. The van der Waals surface area contributed by atoms with Gasteiger partial charge in [-0.15, -0.1) is 0 Å². The Morgan fingerprint density at radius 3 is 2.24 bits per heavy atom. The van der Waals surface area contributed by atoms with Crippen molar-refractivity contribution in [3.63, 3.8) is 0 Å². The molecule has 1 aromatic carbocycles. The molecule has 3 rings (SSSR count). The van der Waals surface area contributed by atoms with E-state index in [1.54, 1.807) is 24.3 Å². The van der Waals surface area contributed by atoms with E-state index < -0.39 is 17.9 Å². The summed E-state index contributed by atoms with van der Waals surface area (Å²) in [7, 11) is 0. The van der Waals surface area contributed by atoms with Gasteiger partial charge in [0.1, 0.15) is 12.4 Å². The fourth-order valence-electron chi connectivity index (χ4n) is 3.34. The molecular formula is C20H23ClN4O4. The second-order valence-electron chi connectivity index (χ2n) is 6.77. The van der Waals surface area contributed by atoms with Gasteiger partial charge in [0.15, 0.2) is 16.9 Å². The third kappa shape index (κ3) is 3.90. The van der Waals surface area contributed by atoms with Gasteiger partial charge in [0, 0.05) is 23.7 Å². The first-order valence-corrected chi connectivity index (χ1v) is 9.93. The van der Waals surface area contributed by atoms with Crippen molar-refractivity contribution in [2.24, 2.45) is 0 Å². The van der Waals surface area contributed by atoms with Crippen LogP contribution in [-0.4, -0.2) is 29.6 Å². The van der Waals surface area contributed by atoms with Crippen LogP contribution in [0.15, 0.2) is 33.9 Å². The molecular weight excluding hydrogens is 396 g/mol.